The molecule has 1 N–H and O–H groups in total. The van der Waals surface area contributed by atoms with Crippen LogP contribution in [0.5, 0.6) is 0 Å². The molecule has 1 nitrogen and oxygen atoms in total. The summed E-state index contributed by atoms with van der Waals surface area (Å²) >= 11 is 0. The summed E-state index contributed by atoms with van der Waals surface area (Å²) in [6.07, 6.45) is 0. The molecule has 0 unspecified atom stereocenters. The van der Waals surface area contributed by atoms with Crippen molar-refractivity contribution in [1.82, 2.24) is 5.32 Å². The number of fused-ring (bicyclic) bond motifs is 1. The molecule has 0 saturated heterocycles. The van der Waals surface area contributed by atoms with Gasteiger partial charge in [-0.3, -0.25) is 0 Å². The highest BCUT2D eigenvalue weighted by molar-refractivity contribution is 5.86. The minimum atomic E-state index is 0. The Kier molecular flexibility index (Phi) is 5.64. The third-order valence-electron chi connectivity index (χ3n) is 3.12. The zero-order valence-corrected chi connectivity index (χ0v) is 12.1. The van der Waals surface area contributed by atoms with Crippen LogP contribution in [0.3, 0.4) is 0 Å². The lowest BCUT2D eigenvalue weighted by Crippen LogP contribution is -2.23. The van der Waals surface area contributed by atoms with E-state index in [1.807, 2.05) is 0 Å². The van der Waals surface area contributed by atoms with Crippen LogP contribution in [-0.4, -0.2) is 6.54 Å². The Morgan fingerprint density at radius 1 is 0.944 bits per heavy atom. The molecule has 0 spiro atoms. The summed E-state index contributed by atoms with van der Waals surface area (Å²) < 4.78 is 0. The summed E-state index contributed by atoms with van der Waals surface area (Å²) in [6, 6.07) is 15.5. The quantitative estimate of drug-likeness (QED) is 0.852. The predicted molar refractivity (Wildman–Crippen MR) is 82.5 cm³/mol. The molecule has 0 heterocycles. The maximum absolute atomic E-state index is 3.59. The molecule has 2 aromatic rings. The van der Waals surface area contributed by atoms with Gasteiger partial charge < -0.3 is 5.32 Å². The Morgan fingerprint density at radius 2 is 1.61 bits per heavy atom. The molecule has 0 aliphatic carbocycles. The number of rotatable bonds is 4. The van der Waals surface area contributed by atoms with Gasteiger partial charge >= 0.3 is 0 Å². The Hall–Kier alpha value is -1.05. The molecular formula is C16H22ClN. The number of hydrogen-bond acceptors (Lipinski definition) is 1. The van der Waals surface area contributed by atoms with Gasteiger partial charge in [0.2, 0.25) is 0 Å². The monoisotopic (exact) mass is 263 g/mol. The highest BCUT2D eigenvalue weighted by Gasteiger charge is 2.08. The third kappa shape index (κ3) is 3.47. The van der Waals surface area contributed by atoms with Crippen molar-refractivity contribution in [3.8, 4) is 0 Å². The smallest absolute Gasteiger partial charge is 0.0298 e. The zero-order chi connectivity index (χ0) is 12.3. The van der Waals surface area contributed by atoms with Gasteiger partial charge in [0.15, 0.2) is 0 Å². The second kappa shape index (κ2) is 6.77. The van der Waals surface area contributed by atoms with E-state index in [2.05, 4.69) is 68.6 Å². The molecular weight excluding hydrogens is 242 g/mol. The van der Waals surface area contributed by atoms with Crippen molar-refractivity contribution in [3.63, 3.8) is 0 Å². The third-order valence-corrected chi connectivity index (χ3v) is 3.12. The molecule has 18 heavy (non-hydrogen) atoms. The molecule has 0 radical (unpaired) electrons. The average molecular weight is 264 g/mol. The lowest BCUT2D eigenvalue weighted by atomic mass is 9.99. The van der Waals surface area contributed by atoms with Gasteiger partial charge in [-0.15, -0.1) is 12.4 Å². The van der Waals surface area contributed by atoms with Crippen LogP contribution in [0.15, 0.2) is 42.5 Å². The van der Waals surface area contributed by atoms with Gasteiger partial charge in [0.25, 0.3) is 0 Å². The van der Waals surface area contributed by atoms with Crippen LogP contribution < -0.4 is 5.32 Å². The summed E-state index contributed by atoms with van der Waals surface area (Å²) in [5, 5.41) is 6.27. The van der Waals surface area contributed by atoms with Gasteiger partial charge in [-0.05, 0) is 35.7 Å². The van der Waals surface area contributed by atoms with Gasteiger partial charge in [0, 0.05) is 6.04 Å². The van der Waals surface area contributed by atoms with E-state index in [9.17, 15) is 0 Å². The van der Waals surface area contributed by atoms with Crippen molar-refractivity contribution in [2.24, 2.45) is 5.92 Å². The Morgan fingerprint density at radius 3 is 2.33 bits per heavy atom. The number of nitrogens with one attached hydrogen (secondary N) is 1. The fourth-order valence-corrected chi connectivity index (χ4v) is 2.15. The summed E-state index contributed by atoms with van der Waals surface area (Å²) in [5.41, 5.74) is 1.39. The van der Waals surface area contributed by atoms with Crippen LogP contribution in [0.4, 0.5) is 0 Å². The van der Waals surface area contributed by atoms with E-state index in [-0.39, 0.29) is 12.4 Å². The van der Waals surface area contributed by atoms with Gasteiger partial charge in [-0.1, -0.05) is 56.3 Å². The molecule has 2 heteroatoms. The fraction of sp³-hybridized carbons (Fsp3) is 0.375. The number of hydrogen-bond donors (Lipinski definition) is 1. The van der Waals surface area contributed by atoms with E-state index in [1.54, 1.807) is 0 Å². The van der Waals surface area contributed by atoms with E-state index < -0.39 is 0 Å². The fourth-order valence-electron chi connectivity index (χ4n) is 2.15. The number of halogens is 1. The molecule has 0 amide bonds. The van der Waals surface area contributed by atoms with Crippen molar-refractivity contribution in [2.75, 3.05) is 6.54 Å². The van der Waals surface area contributed by atoms with Gasteiger partial charge in [0.05, 0.1) is 0 Å². The zero-order valence-electron chi connectivity index (χ0n) is 11.3. The first-order valence-corrected chi connectivity index (χ1v) is 6.39. The molecule has 98 valence electrons. The van der Waals surface area contributed by atoms with Gasteiger partial charge in [0.1, 0.15) is 0 Å². The average Bonchev–Trinajstić information content (AvgIpc) is 2.35. The van der Waals surface area contributed by atoms with E-state index in [0.717, 1.165) is 6.54 Å². The molecule has 0 fully saturated rings. The molecule has 0 bridgehead atoms. The topological polar surface area (TPSA) is 12.0 Å². The van der Waals surface area contributed by atoms with E-state index in [0.29, 0.717) is 12.0 Å². The summed E-state index contributed by atoms with van der Waals surface area (Å²) in [7, 11) is 0. The minimum absolute atomic E-state index is 0. The van der Waals surface area contributed by atoms with Crippen LogP contribution in [0.2, 0.25) is 0 Å². The molecule has 2 rings (SSSR count). The lowest BCUT2D eigenvalue weighted by molar-refractivity contribution is 0.498. The van der Waals surface area contributed by atoms with Crippen LogP contribution >= 0.6 is 12.4 Å². The van der Waals surface area contributed by atoms with Crippen molar-refractivity contribution in [2.45, 2.75) is 26.8 Å². The number of benzene rings is 2. The maximum Gasteiger partial charge on any atom is 0.0298 e. The molecule has 0 aliphatic rings. The van der Waals surface area contributed by atoms with Gasteiger partial charge in [-0.2, -0.15) is 0 Å². The SMILES string of the molecule is CC(C)CN[C@H](C)c1cccc2ccccc12.Cl. The minimum Gasteiger partial charge on any atom is -0.310 e. The summed E-state index contributed by atoms with van der Waals surface area (Å²) in [5.74, 6) is 0.687. The predicted octanol–water partition coefficient (Wildman–Crippen LogP) is 4.57. The second-order valence-electron chi connectivity index (χ2n) is 5.09. The van der Waals surface area contributed by atoms with Crippen molar-refractivity contribution < 1.29 is 0 Å². The lowest BCUT2D eigenvalue weighted by Gasteiger charge is -2.17. The largest absolute Gasteiger partial charge is 0.310 e. The van der Waals surface area contributed by atoms with E-state index in [4.69, 9.17) is 0 Å². The van der Waals surface area contributed by atoms with Crippen LogP contribution in [0, 0.1) is 5.92 Å². The van der Waals surface area contributed by atoms with E-state index >= 15 is 0 Å². The second-order valence-corrected chi connectivity index (χ2v) is 5.09. The van der Waals surface area contributed by atoms with Gasteiger partial charge in [-0.25, -0.2) is 0 Å². The van der Waals surface area contributed by atoms with Crippen molar-refractivity contribution in [1.29, 1.82) is 0 Å². The molecule has 0 aromatic heterocycles. The first kappa shape index (κ1) is 15.0. The molecule has 2 aromatic carbocycles. The first-order valence-electron chi connectivity index (χ1n) is 6.39. The van der Waals surface area contributed by atoms with Crippen LogP contribution in [-0.2, 0) is 0 Å². The Bertz CT molecular complexity index is 488. The first-order chi connectivity index (χ1) is 8.18. The van der Waals surface area contributed by atoms with Crippen molar-refractivity contribution in [3.05, 3.63) is 48.0 Å². The summed E-state index contributed by atoms with van der Waals surface area (Å²) in [4.78, 5) is 0. The Labute approximate surface area is 116 Å². The maximum atomic E-state index is 3.59. The summed E-state index contributed by atoms with van der Waals surface area (Å²) in [6.45, 7) is 7.78. The van der Waals surface area contributed by atoms with Crippen LogP contribution in [0.25, 0.3) is 10.8 Å². The van der Waals surface area contributed by atoms with Crippen LogP contribution in [0.1, 0.15) is 32.4 Å². The molecule has 0 saturated carbocycles. The molecule has 0 aliphatic heterocycles. The highest BCUT2D eigenvalue weighted by atomic mass is 35.5. The normalized spacial score (nSPS) is 12.4. The standard InChI is InChI=1S/C16H21N.ClH/c1-12(2)11-17-13(3)15-10-6-8-14-7-4-5-9-16(14)15;/h4-10,12-13,17H,11H2,1-3H3;1H/t13-;/m1./s1. The molecule has 1 atom stereocenters. The van der Waals surface area contributed by atoms with E-state index in [1.165, 1.54) is 16.3 Å². The van der Waals surface area contributed by atoms with Crippen molar-refractivity contribution >= 4 is 23.2 Å². The highest BCUT2D eigenvalue weighted by Crippen LogP contribution is 2.23. The Balaban J connectivity index is 0.00000162.